The highest BCUT2D eigenvalue weighted by molar-refractivity contribution is 5.42. The lowest BCUT2D eigenvalue weighted by Gasteiger charge is -2.38. The van der Waals surface area contributed by atoms with Gasteiger partial charge in [-0.25, -0.2) is 0 Å². The van der Waals surface area contributed by atoms with Crippen LogP contribution in [0.3, 0.4) is 0 Å². The predicted octanol–water partition coefficient (Wildman–Crippen LogP) is 3.91. The fraction of sp³-hybridized carbons (Fsp3) is 0.600. The number of ether oxygens (including phenoxy) is 1. The average Bonchev–Trinajstić information content (AvgIpc) is 2.38. The van der Waals surface area contributed by atoms with Gasteiger partial charge in [-0.1, -0.05) is 17.7 Å². The number of nitrogens with two attached hydrogens (primary N) is 1. The first kappa shape index (κ1) is 15.2. The zero-order valence-corrected chi connectivity index (χ0v) is 11.8. The quantitative estimate of drug-likeness (QED) is 0.895. The zero-order valence-electron chi connectivity index (χ0n) is 11.8. The Kier molecular flexibility index (Phi) is 4.00. The topological polar surface area (TPSA) is 35.2 Å². The van der Waals surface area contributed by atoms with Crippen LogP contribution >= 0.6 is 0 Å². The minimum Gasteiger partial charge on any atom is -0.496 e. The summed E-state index contributed by atoms with van der Waals surface area (Å²) in [5, 5.41) is 0. The van der Waals surface area contributed by atoms with E-state index in [1.54, 1.807) is 7.11 Å². The molecule has 20 heavy (non-hydrogen) atoms. The van der Waals surface area contributed by atoms with Crippen LogP contribution in [0.4, 0.5) is 13.2 Å². The maximum absolute atomic E-state index is 12.7. The molecule has 2 rings (SSSR count). The van der Waals surface area contributed by atoms with Gasteiger partial charge in [0.15, 0.2) is 0 Å². The molecule has 0 bridgehead atoms. The highest BCUT2D eigenvalue weighted by atomic mass is 19.4. The molecule has 0 atom stereocenters. The summed E-state index contributed by atoms with van der Waals surface area (Å²) >= 11 is 0. The zero-order chi connectivity index (χ0) is 15.0. The van der Waals surface area contributed by atoms with Crippen molar-refractivity contribution in [2.24, 2.45) is 11.7 Å². The molecule has 5 heteroatoms. The maximum Gasteiger partial charge on any atom is 0.391 e. The fourth-order valence-electron chi connectivity index (χ4n) is 2.94. The van der Waals surface area contributed by atoms with Gasteiger partial charge in [-0.3, -0.25) is 0 Å². The number of hydrogen-bond acceptors (Lipinski definition) is 2. The number of benzene rings is 1. The third kappa shape index (κ3) is 2.92. The summed E-state index contributed by atoms with van der Waals surface area (Å²) in [5.74, 6) is -0.571. The second-order valence-electron chi connectivity index (χ2n) is 5.68. The highest BCUT2D eigenvalue weighted by Gasteiger charge is 2.45. The van der Waals surface area contributed by atoms with E-state index in [1.165, 1.54) is 0 Å². The summed E-state index contributed by atoms with van der Waals surface area (Å²) in [5.41, 5.74) is 7.51. The summed E-state index contributed by atoms with van der Waals surface area (Å²) in [6.07, 6.45) is -3.29. The van der Waals surface area contributed by atoms with Gasteiger partial charge in [0.25, 0.3) is 0 Å². The molecule has 2 nitrogen and oxygen atoms in total. The molecule has 0 heterocycles. The summed E-state index contributed by atoms with van der Waals surface area (Å²) in [4.78, 5) is 0. The van der Waals surface area contributed by atoms with Crippen molar-refractivity contribution in [1.29, 1.82) is 0 Å². The van der Waals surface area contributed by atoms with Gasteiger partial charge in [-0.15, -0.1) is 0 Å². The van der Waals surface area contributed by atoms with Crippen LogP contribution in [0.2, 0.25) is 0 Å². The monoisotopic (exact) mass is 287 g/mol. The van der Waals surface area contributed by atoms with E-state index >= 15 is 0 Å². The van der Waals surface area contributed by atoms with E-state index in [2.05, 4.69) is 0 Å². The minimum atomic E-state index is -4.11. The van der Waals surface area contributed by atoms with E-state index in [4.69, 9.17) is 10.5 Å². The van der Waals surface area contributed by atoms with Crippen molar-refractivity contribution in [2.45, 2.75) is 44.3 Å². The van der Waals surface area contributed by atoms with Gasteiger partial charge >= 0.3 is 6.18 Å². The van der Waals surface area contributed by atoms with E-state index in [0.29, 0.717) is 18.6 Å². The molecular formula is C15H20F3NO. The Morgan fingerprint density at radius 1 is 1.25 bits per heavy atom. The number of aryl methyl sites for hydroxylation is 1. The van der Waals surface area contributed by atoms with Gasteiger partial charge in [0.1, 0.15) is 5.75 Å². The van der Waals surface area contributed by atoms with Gasteiger partial charge < -0.3 is 10.5 Å². The van der Waals surface area contributed by atoms with Crippen LogP contribution in [0, 0.1) is 12.8 Å². The Morgan fingerprint density at radius 2 is 1.85 bits per heavy atom. The van der Waals surface area contributed by atoms with Gasteiger partial charge in [0.2, 0.25) is 0 Å². The number of hydrogen-bond donors (Lipinski definition) is 1. The number of alkyl halides is 3. The van der Waals surface area contributed by atoms with Crippen LogP contribution in [0.15, 0.2) is 18.2 Å². The molecule has 0 unspecified atom stereocenters. The Labute approximate surface area is 117 Å². The lowest BCUT2D eigenvalue weighted by atomic mass is 9.72. The van der Waals surface area contributed by atoms with Crippen molar-refractivity contribution in [3.63, 3.8) is 0 Å². The molecular weight excluding hydrogens is 267 g/mol. The van der Waals surface area contributed by atoms with Gasteiger partial charge in [-0.2, -0.15) is 13.2 Å². The van der Waals surface area contributed by atoms with E-state index in [1.807, 2.05) is 25.1 Å². The molecule has 0 radical (unpaired) electrons. The molecule has 112 valence electrons. The third-order valence-electron chi connectivity index (χ3n) is 4.23. The van der Waals surface area contributed by atoms with E-state index in [0.717, 1.165) is 11.1 Å². The Bertz CT molecular complexity index is 476. The van der Waals surface area contributed by atoms with Crippen LogP contribution < -0.4 is 10.5 Å². The summed E-state index contributed by atoms with van der Waals surface area (Å²) < 4.78 is 43.5. The van der Waals surface area contributed by atoms with E-state index in [9.17, 15) is 13.2 Å². The van der Waals surface area contributed by atoms with Crippen LogP contribution in [0.5, 0.6) is 5.75 Å². The van der Waals surface area contributed by atoms with Crippen molar-refractivity contribution >= 4 is 0 Å². The number of rotatable bonds is 2. The van der Waals surface area contributed by atoms with Crippen molar-refractivity contribution in [2.75, 3.05) is 7.11 Å². The van der Waals surface area contributed by atoms with Crippen molar-refractivity contribution < 1.29 is 17.9 Å². The molecule has 0 aromatic heterocycles. The predicted molar refractivity (Wildman–Crippen MR) is 71.6 cm³/mol. The molecule has 0 spiro atoms. The van der Waals surface area contributed by atoms with Crippen molar-refractivity contribution in [3.05, 3.63) is 29.3 Å². The first-order chi connectivity index (χ1) is 9.26. The molecule has 1 saturated carbocycles. The Morgan fingerprint density at radius 3 is 2.35 bits per heavy atom. The molecule has 1 aromatic rings. The van der Waals surface area contributed by atoms with Crippen LogP contribution in [-0.2, 0) is 5.54 Å². The lowest BCUT2D eigenvalue weighted by Crippen LogP contribution is -2.43. The summed E-state index contributed by atoms with van der Waals surface area (Å²) in [7, 11) is 1.55. The standard InChI is InChI=1S/C15H20F3NO/c1-10-3-4-13(20-2)12(9-10)14(19)7-5-11(6-8-14)15(16,17)18/h3-4,9,11H,5-8,19H2,1-2H3. The Balaban J connectivity index is 2.24. The van der Waals surface area contributed by atoms with Crippen molar-refractivity contribution in [3.8, 4) is 5.75 Å². The first-order valence-corrected chi connectivity index (χ1v) is 6.77. The lowest BCUT2D eigenvalue weighted by molar-refractivity contribution is -0.184. The molecule has 1 aliphatic carbocycles. The minimum absolute atomic E-state index is 0.0805. The van der Waals surface area contributed by atoms with Gasteiger partial charge in [-0.05, 0) is 38.7 Å². The first-order valence-electron chi connectivity index (χ1n) is 6.77. The Hall–Kier alpha value is -1.23. The number of halogens is 3. The van der Waals surface area contributed by atoms with Crippen LogP contribution in [0.25, 0.3) is 0 Å². The highest BCUT2D eigenvalue weighted by Crippen LogP contribution is 2.45. The molecule has 2 N–H and O–H groups in total. The summed E-state index contributed by atoms with van der Waals surface area (Å²) in [6, 6.07) is 5.66. The molecule has 1 fully saturated rings. The van der Waals surface area contributed by atoms with E-state index in [-0.39, 0.29) is 12.8 Å². The molecule has 0 saturated heterocycles. The maximum atomic E-state index is 12.7. The van der Waals surface area contributed by atoms with Gasteiger partial charge in [0, 0.05) is 11.1 Å². The normalized spacial score (nSPS) is 27.4. The van der Waals surface area contributed by atoms with E-state index < -0.39 is 17.6 Å². The average molecular weight is 287 g/mol. The van der Waals surface area contributed by atoms with Crippen molar-refractivity contribution in [1.82, 2.24) is 0 Å². The third-order valence-corrected chi connectivity index (χ3v) is 4.23. The van der Waals surface area contributed by atoms with Crippen LogP contribution in [-0.4, -0.2) is 13.3 Å². The molecule has 0 amide bonds. The molecule has 1 aromatic carbocycles. The fourth-order valence-corrected chi connectivity index (χ4v) is 2.94. The SMILES string of the molecule is COc1ccc(C)cc1C1(N)CCC(C(F)(F)F)CC1. The number of methoxy groups -OCH3 is 1. The van der Waals surface area contributed by atoms with Crippen LogP contribution in [0.1, 0.15) is 36.8 Å². The van der Waals surface area contributed by atoms with Gasteiger partial charge in [0.05, 0.1) is 13.0 Å². The molecule has 1 aliphatic rings. The smallest absolute Gasteiger partial charge is 0.391 e. The largest absolute Gasteiger partial charge is 0.496 e. The summed E-state index contributed by atoms with van der Waals surface area (Å²) in [6.45, 7) is 1.94. The second kappa shape index (κ2) is 5.28. The molecule has 0 aliphatic heterocycles. The second-order valence-corrected chi connectivity index (χ2v) is 5.68.